The molecule has 0 spiro atoms. The van der Waals surface area contributed by atoms with Crippen molar-refractivity contribution >= 4 is 11.8 Å². The summed E-state index contributed by atoms with van der Waals surface area (Å²) in [7, 11) is 0. The fourth-order valence-electron chi connectivity index (χ4n) is 2.95. The average Bonchev–Trinajstić information content (AvgIpc) is 2.89. The second-order valence-corrected chi connectivity index (χ2v) is 7.18. The molecule has 1 aromatic rings. The minimum atomic E-state index is 0.922. The first kappa shape index (κ1) is 15.9. The van der Waals surface area contributed by atoms with Gasteiger partial charge in [-0.25, -0.2) is 0 Å². The Kier molecular flexibility index (Phi) is 6.95. The lowest BCUT2D eigenvalue weighted by Crippen LogP contribution is -2.20. The largest absolute Gasteiger partial charge is 0.299 e. The second kappa shape index (κ2) is 8.74. The van der Waals surface area contributed by atoms with Crippen LogP contribution in [-0.4, -0.2) is 29.5 Å². The van der Waals surface area contributed by atoms with E-state index < -0.39 is 0 Å². The molecule has 1 heterocycles. The van der Waals surface area contributed by atoms with E-state index in [2.05, 4.69) is 54.8 Å². The third kappa shape index (κ3) is 5.14. The average molecular weight is 292 g/mol. The van der Waals surface area contributed by atoms with E-state index in [0.717, 1.165) is 12.5 Å². The monoisotopic (exact) mass is 291 g/mol. The summed E-state index contributed by atoms with van der Waals surface area (Å²) in [4.78, 5) is 2.63. The van der Waals surface area contributed by atoms with E-state index in [-0.39, 0.29) is 0 Å². The second-order valence-electron chi connectivity index (χ2n) is 6.03. The van der Waals surface area contributed by atoms with Crippen molar-refractivity contribution in [1.82, 2.24) is 4.90 Å². The van der Waals surface area contributed by atoms with E-state index in [9.17, 15) is 0 Å². The van der Waals surface area contributed by atoms with E-state index in [1.165, 1.54) is 61.4 Å². The quantitative estimate of drug-likeness (QED) is 0.644. The Hall–Kier alpha value is -0.470. The topological polar surface area (TPSA) is 3.24 Å². The zero-order chi connectivity index (χ0) is 14.2. The van der Waals surface area contributed by atoms with E-state index in [1.54, 1.807) is 0 Å². The van der Waals surface area contributed by atoms with E-state index >= 15 is 0 Å². The SMILES string of the molecule is CCCSCC1CCN(Cc2ccc(CCC)cc2)C1. The molecule has 2 rings (SSSR count). The zero-order valence-corrected chi connectivity index (χ0v) is 13.9. The molecule has 0 aromatic heterocycles. The van der Waals surface area contributed by atoms with Crippen LogP contribution in [0.25, 0.3) is 0 Å². The van der Waals surface area contributed by atoms with Crippen LogP contribution >= 0.6 is 11.8 Å². The van der Waals surface area contributed by atoms with Gasteiger partial charge in [-0.3, -0.25) is 4.90 Å². The number of thioether (sulfide) groups is 1. The highest BCUT2D eigenvalue weighted by Gasteiger charge is 2.21. The van der Waals surface area contributed by atoms with Gasteiger partial charge >= 0.3 is 0 Å². The van der Waals surface area contributed by atoms with Crippen molar-refractivity contribution in [1.29, 1.82) is 0 Å². The standard InChI is InChI=1S/C18H29NS/c1-3-5-16-6-8-17(9-7-16)13-19-11-10-18(14-19)15-20-12-4-2/h6-9,18H,3-5,10-15H2,1-2H3. The van der Waals surface area contributed by atoms with Gasteiger partial charge in [0.1, 0.15) is 0 Å². The zero-order valence-electron chi connectivity index (χ0n) is 13.1. The minimum Gasteiger partial charge on any atom is -0.299 e. The van der Waals surface area contributed by atoms with Crippen LogP contribution in [0.4, 0.5) is 0 Å². The molecular weight excluding hydrogens is 262 g/mol. The van der Waals surface area contributed by atoms with Gasteiger partial charge in [0.15, 0.2) is 0 Å². The number of hydrogen-bond acceptors (Lipinski definition) is 2. The summed E-state index contributed by atoms with van der Waals surface area (Å²) in [5, 5.41) is 0. The van der Waals surface area contributed by atoms with E-state index in [1.807, 2.05) is 0 Å². The third-order valence-corrected chi connectivity index (χ3v) is 5.44. The maximum Gasteiger partial charge on any atom is 0.0233 e. The molecule has 0 aliphatic carbocycles. The lowest BCUT2D eigenvalue weighted by atomic mass is 10.1. The summed E-state index contributed by atoms with van der Waals surface area (Å²) in [6, 6.07) is 9.27. The van der Waals surface area contributed by atoms with E-state index in [0.29, 0.717) is 0 Å². The first-order valence-electron chi connectivity index (χ1n) is 8.19. The molecule has 1 unspecified atom stereocenters. The van der Waals surface area contributed by atoms with Crippen LogP contribution in [0.5, 0.6) is 0 Å². The first-order chi connectivity index (χ1) is 9.81. The lowest BCUT2D eigenvalue weighted by Gasteiger charge is -2.16. The Balaban J connectivity index is 1.74. The molecule has 1 fully saturated rings. The summed E-state index contributed by atoms with van der Waals surface area (Å²) < 4.78 is 0. The molecule has 1 saturated heterocycles. The van der Waals surface area contributed by atoms with Crippen LogP contribution in [-0.2, 0) is 13.0 Å². The molecular formula is C18H29NS. The minimum absolute atomic E-state index is 0.922. The number of hydrogen-bond donors (Lipinski definition) is 0. The fourth-order valence-corrected chi connectivity index (χ4v) is 4.01. The van der Waals surface area contributed by atoms with Gasteiger partial charge in [0, 0.05) is 13.1 Å². The highest BCUT2D eigenvalue weighted by molar-refractivity contribution is 7.99. The van der Waals surface area contributed by atoms with Crippen molar-refractivity contribution in [2.24, 2.45) is 5.92 Å². The van der Waals surface area contributed by atoms with Crippen molar-refractivity contribution in [3.05, 3.63) is 35.4 Å². The number of aryl methyl sites for hydroxylation is 1. The van der Waals surface area contributed by atoms with Gasteiger partial charge in [-0.05, 0) is 54.4 Å². The molecule has 1 aliphatic rings. The maximum absolute atomic E-state index is 2.63. The number of nitrogens with zero attached hydrogens (tertiary/aromatic N) is 1. The van der Waals surface area contributed by atoms with Gasteiger partial charge in [0.2, 0.25) is 0 Å². The molecule has 112 valence electrons. The summed E-state index contributed by atoms with van der Waals surface area (Å²) in [6.45, 7) is 8.24. The Morgan fingerprint density at radius 1 is 1.10 bits per heavy atom. The van der Waals surface area contributed by atoms with Crippen molar-refractivity contribution < 1.29 is 0 Å². The molecule has 0 bridgehead atoms. The molecule has 0 saturated carbocycles. The molecule has 1 atom stereocenters. The van der Waals surface area contributed by atoms with Gasteiger partial charge in [0.05, 0.1) is 0 Å². The van der Waals surface area contributed by atoms with Crippen LogP contribution in [0.15, 0.2) is 24.3 Å². The molecule has 0 amide bonds. The molecule has 2 heteroatoms. The van der Waals surface area contributed by atoms with Gasteiger partial charge in [-0.2, -0.15) is 11.8 Å². The maximum atomic E-state index is 2.63. The summed E-state index contributed by atoms with van der Waals surface area (Å²) in [5.74, 6) is 3.61. The Morgan fingerprint density at radius 3 is 2.55 bits per heavy atom. The predicted molar refractivity (Wildman–Crippen MR) is 91.4 cm³/mol. The van der Waals surface area contributed by atoms with Gasteiger partial charge in [0.25, 0.3) is 0 Å². The van der Waals surface area contributed by atoms with Crippen LogP contribution in [0.3, 0.4) is 0 Å². The Morgan fingerprint density at radius 2 is 1.85 bits per heavy atom. The highest BCUT2D eigenvalue weighted by Crippen LogP contribution is 2.22. The van der Waals surface area contributed by atoms with Crippen molar-refractivity contribution in [2.75, 3.05) is 24.6 Å². The van der Waals surface area contributed by atoms with Crippen LogP contribution in [0.2, 0.25) is 0 Å². The normalized spacial score (nSPS) is 19.6. The molecule has 1 aromatic carbocycles. The number of likely N-dealkylation sites (tertiary alicyclic amines) is 1. The molecule has 1 aliphatic heterocycles. The molecule has 0 N–H and O–H groups in total. The predicted octanol–water partition coefficient (Wildman–Crippen LogP) is 4.60. The van der Waals surface area contributed by atoms with Crippen molar-refractivity contribution in [3.8, 4) is 0 Å². The smallest absolute Gasteiger partial charge is 0.0233 e. The molecule has 20 heavy (non-hydrogen) atoms. The fraction of sp³-hybridized carbons (Fsp3) is 0.667. The van der Waals surface area contributed by atoms with Gasteiger partial charge < -0.3 is 0 Å². The number of benzene rings is 1. The van der Waals surface area contributed by atoms with Gasteiger partial charge in [-0.15, -0.1) is 0 Å². The van der Waals surface area contributed by atoms with Gasteiger partial charge in [-0.1, -0.05) is 44.5 Å². The van der Waals surface area contributed by atoms with E-state index in [4.69, 9.17) is 0 Å². The van der Waals surface area contributed by atoms with Crippen molar-refractivity contribution in [2.45, 2.75) is 46.1 Å². The Labute approximate surface area is 129 Å². The summed E-state index contributed by atoms with van der Waals surface area (Å²) in [5.41, 5.74) is 2.96. The third-order valence-electron chi connectivity index (χ3n) is 4.04. The number of rotatable bonds is 8. The lowest BCUT2D eigenvalue weighted by molar-refractivity contribution is 0.321. The summed E-state index contributed by atoms with van der Waals surface area (Å²) >= 11 is 2.14. The van der Waals surface area contributed by atoms with Crippen LogP contribution in [0, 0.1) is 5.92 Å². The highest BCUT2D eigenvalue weighted by atomic mass is 32.2. The van der Waals surface area contributed by atoms with Crippen LogP contribution in [0.1, 0.15) is 44.2 Å². The Bertz CT molecular complexity index is 374. The van der Waals surface area contributed by atoms with Crippen LogP contribution < -0.4 is 0 Å². The molecule has 1 nitrogen and oxygen atoms in total. The summed E-state index contributed by atoms with van der Waals surface area (Å²) in [6.07, 6.45) is 5.15. The molecule has 0 radical (unpaired) electrons. The first-order valence-corrected chi connectivity index (χ1v) is 9.35. The van der Waals surface area contributed by atoms with Crippen molar-refractivity contribution in [3.63, 3.8) is 0 Å².